The summed E-state index contributed by atoms with van der Waals surface area (Å²) in [5, 5.41) is 0.0784. The third kappa shape index (κ3) is 1.59. The number of benzene rings is 1. The van der Waals surface area contributed by atoms with E-state index in [1.54, 1.807) is 7.11 Å². The number of ether oxygens (including phenoxy) is 2. The Kier molecular flexibility index (Phi) is 2.32. The minimum Gasteiger partial charge on any atom is -0.497 e. The molecular formula is C10H11ClO2. The van der Waals surface area contributed by atoms with E-state index >= 15 is 0 Å². The molecular weight excluding hydrogens is 188 g/mol. The van der Waals surface area contributed by atoms with Gasteiger partial charge in [-0.05, 0) is 6.07 Å². The molecule has 0 saturated heterocycles. The highest BCUT2D eigenvalue weighted by atomic mass is 35.5. The average Bonchev–Trinajstić information content (AvgIpc) is 2.18. The number of hydrogen-bond acceptors (Lipinski definition) is 2. The molecule has 0 aliphatic carbocycles. The van der Waals surface area contributed by atoms with Crippen LogP contribution in [0.15, 0.2) is 18.2 Å². The summed E-state index contributed by atoms with van der Waals surface area (Å²) in [6.07, 6.45) is 0.876. The van der Waals surface area contributed by atoms with Gasteiger partial charge >= 0.3 is 0 Å². The van der Waals surface area contributed by atoms with E-state index in [0.717, 1.165) is 23.5 Å². The van der Waals surface area contributed by atoms with Gasteiger partial charge in [0.2, 0.25) is 0 Å². The van der Waals surface area contributed by atoms with Gasteiger partial charge in [0, 0.05) is 18.1 Å². The maximum Gasteiger partial charge on any atom is 0.127 e. The molecule has 0 radical (unpaired) electrons. The summed E-state index contributed by atoms with van der Waals surface area (Å²) in [4.78, 5) is 0. The van der Waals surface area contributed by atoms with Gasteiger partial charge < -0.3 is 9.47 Å². The zero-order valence-electron chi connectivity index (χ0n) is 7.42. The van der Waals surface area contributed by atoms with E-state index in [1.165, 1.54) is 0 Å². The quantitative estimate of drug-likeness (QED) is 0.646. The molecule has 2 rings (SSSR count). The summed E-state index contributed by atoms with van der Waals surface area (Å²) in [6.45, 7) is 0.689. The minimum atomic E-state index is 0.0784. The van der Waals surface area contributed by atoms with Crippen LogP contribution >= 0.6 is 11.6 Å². The Morgan fingerprint density at radius 3 is 3.15 bits per heavy atom. The van der Waals surface area contributed by atoms with Crippen molar-refractivity contribution in [3.8, 4) is 11.5 Å². The SMILES string of the molecule is COc1ccc2c(c1)OCCC2Cl. The van der Waals surface area contributed by atoms with E-state index < -0.39 is 0 Å². The van der Waals surface area contributed by atoms with Crippen LogP contribution in [-0.2, 0) is 0 Å². The normalized spacial score (nSPS) is 20.3. The largest absolute Gasteiger partial charge is 0.497 e. The molecule has 13 heavy (non-hydrogen) atoms. The van der Waals surface area contributed by atoms with Crippen molar-refractivity contribution in [1.82, 2.24) is 0 Å². The second-order valence-corrected chi connectivity index (χ2v) is 3.54. The van der Waals surface area contributed by atoms with Crippen molar-refractivity contribution in [2.75, 3.05) is 13.7 Å². The Morgan fingerprint density at radius 1 is 1.54 bits per heavy atom. The lowest BCUT2D eigenvalue weighted by atomic mass is 10.1. The first-order valence-electron chi connectivity index (χ1n) is 4.26. The molecule has 1 aromatic rings. The van der Waals surface area contributed by atoms with Crippen molar-refractivity contribution >= 4 is 11.6 Å². The zero-order valence-corrected chi connectivity index (χ0v) is 8.17. The van der Waals surface area contributed by atoms with E-state index in [0.29, 0.717) is 6.61 Å². The summed E-state index contributed by atoms with van der Waals surface area (Å²) in [7, 11) is 1.64. The Balaban J connectivity index is 2.39. The maximum absolute atomic E-state index is 6.12. The summed E-state index contributed by atoms with van der Waals surface area (Å²) in [5.74, 6) is 1.66. The van der Waals surface area contributed by atoms with E-state index in [4.69, 9.17) is 21.1 Å². The molecule has 1 unspecified atom stereocenters. The zero-order chi connectivity index (χ0) is 9.26. The third-order valence-corrected chi connectivity index (χ3v) is 2.64. The van der Waals surface area contributed by atoms with Gasteiger partial charge in [-0.15, -0.1) is 11.6 Å². The first-order valence-corrected chi connectivity index (χ1v) is 4.69. The minimum absolute atomic E-state index is 0.0784. The van der Waals surface area contributed by atoms with E-state index in [2.05, 4.69) is 0 Å². The standard InChI is InChI=1S/C10H11ClO2/c1-12-7-2-3-8-9(11)4-5-13-10(8)6-7/h2-3,6,9H,4-5H2,1H3. The molecule has 0 spiro atoms. The fourth-order valence-corrected chi connectivity index (χ4v) is 1.72. The second kappa shape index (κ2) is 3.46. The Hall–Kier alpha value is -0.890. The molecule has 70 valence electrons. The number of halogens is 1. The Bertz CT molecular complexity index is 312. The average molecular weight is 199 g/mol. The molecule has 1 heterocycles. The van der Waals surface area contributed by atoms with Crippen LogP contribution in [-0.4, -0.2) is 13.7 Å². The van der Waals surface area contributed by atoms with Crippen LogP contribution in [0.5, 0.6) is 11.5 Å². The highest BCUT2D eigenvalue weighted by Crippen LogP contribution is 2.38. The van der Waals surface area contributed by atoms with Gasteiger partial charge in [0.15, 0.2) is 0 Å². The summed E-state index contributed by atoms with van der Waals surface area (Å²) < 4.78 is 10.6. The Labute approximate surface area is 82.4 Å². The molecule has 1 aromatic carbocycles. The lowest BCUT2D eigenvalue weighted by Gasteiger charge is -2.21. The number of alkyl halides is 1. The number of hydrogen-bond donors (Lipinski definition) is 0. The molecule has 1 atom stereocenters. The van der Waals surface area contributed by atoms with Crippen molar-refractivity contribution in [3.63, 3.8) is 0 Å². The van der Waals surface area contributed by atoms with Gasteiger partial charge in [-0.2, -0.15) is 0 Å². The highest BCUT2D eigenvalue weighted by Gasteiger charge is 2.19. The van der Waals surface area contributed by atoms with Crippen molar-refractivity contribution < 1.29 is 9.47 Å². The van der Waals surface area contributed by atoms with E-state index in [1.807, 2.05) is 18.2 Å². The first-order chi connectivity index (χ1) is 6.31. The van der Waals surface area contributed by atoms with Crippen LogP contribution in [0.25, 0.3) is 0 Å². The highest BCUT2D eigenvalue weighted by molar-refractivity contribution is 6.21. The molecule has 0 saturated carbocycles. The fraction of sp³-hybridized carbons (Fsp3) is 0.400. The summed E-state index contributed by atoms with van der Waals surface area (Å²) >= 11 is 6.12. The number of fused-ring (bicyclic) bond motifs is 1. The molecule has 3 heteroatoms. The molecule has 0 N–H and O–H groups in total. The monoisotopic (exact) mass is 198 g/mol. The van der Waals surface area contributed by atoms with Crippen molar-refractivity contribution in [3.05, 3.63) is 23.8 Å². The topological polar surface area (TPSA) is 18.5 Å². The van der Waals surface area contributed by atoms with Crippen molar-refractivity contribution in [2.45, 2.75) is 11.8 Å². The van der Waals surface area contributed by atoms with Crippen LogP contribution in [0, 0.1) is 0 Å². The van der Waals surface area contributed by atoms with Gasteiger partial charge in [0.05, 0.1) is 19.1 Å². The van der Waals surface area contributed by atoms with Crippen LogP contribution in [0.4, 0.5) is 0 Å². The lowest BCUT2D eigenvalue weighted by molar-refractivity contribution is 0.283. The molecule has 0 aromatic heterocycles. The smallest absolute Gasteiger partial charge is 0.127 e. The summed E-state index contributed by atoms with van der Waals surface area (Å²) in [5.41, 5.74) is 1.06. The first kappa shape index (κ1) is 8.70. The lowest BCUT2D eigenvalue weighted by Crippen LogP contribution is -2.10. The van der Waals surface area contributed by atoms with Crippen LogP contribution in [0.3, 0.4) is 0 Å². The predicted molar refractivity (Wildman–Crippen MR) is 51.7 cm³/mol. The van der Waals surface area contributed by atoms with Gasteiger partial charge in [0.25, 0.3) is 0 Å². The van der Waals surface area contributed by atoms with E-state index in [9.17, 15) is 0 Å². The molecule has 2 nitrogen and oxygen atoms in total. The van der Waals surface area contributed by atoms with Crippen molar-refractivity contribution in [1.29, 1.82) is 0 Å². The van der Waals surface area contributed by atoms with Gasteiger partial charge in [-0.1, -0.05) is 6.07 Å². The number of methoxy groups -OCH3 is 1. The third-order valence-electron chi connectivity index (χ3n) is 2.19. The van der Waals surface area contributed by atoms with Gasteiger partial charge in [-0.3, -0.25) is 0 Å². The van der Waals surface area contributed by atoms with Crippen LogP contribution in [0.2, 0.25) is 0 Å². The van der Waals surface area contributed by atoms with Gasteiger partial charge in [-0.25, -0.2) is 0 Å². The van der Waals surface area contributed by atoms with Crippen LogP contribution in [0.1, 0.15) is 17.4 Å². The molecule has 0 amide bonds. The summed E-state index contributed by atoms with van der Waals surface area (Å²) in [6, 6.07) is 5.75. The molecule has 0 bridgehead atoms. The van der Waals surface area contributed by atoms with Crippen molar-refractivity contribution in [2.24, 2.45) is 0 Å². The number of rotatable bonds is 1. The molecule has 1 aliphatic rings. The van der Waals surface area contributed by atoms with E-state index in [-0.39, 0.29) is 5.38 Å². The Morgan fingerprint density at radius 2 is 2.38 bits per heavy atom. The van der Waals surface area contributed by atoms with Crippen LogP contribution < -0.4 is 9.47 Å². The second-order valence-electron chi connectivity index (χ2n) is 3.01. The van der Waals surface area contributed by atoms with Gasteiger partial charge in [0.1, 0.15) is 11.5 Å². The maximum atomic E-state index is 6.12. The molecule has 0 fully saturated rings. The molecule has 1 aliphatic heterocycles. The predicted octanol–water partition coefficient (Wildman–Crippen LogP) is 2.76. The fourth-order valence-electron chi connectivity index (χ4n) is 1.45.